The molecular weight excluding hydrogens is 364 g/mol. The van der Waals surface area contributed by atoms with Crippen LogP contribution in [0, 0.1) is 13.8 Å². The number of carbonyl (C=O) groups excluding carboxylic acids is 1. The van der Waals surface area contributed by atoms with Crippen molar-refractivity contribution in [1.29, 1.82) is 0 Å². The van der Waals surface area contributed by atoms with Gasteiger partial charge in [-0.25, -0.2) is 0 Å². The van der Waals surface area contributed by atoms with E-state index >= 15 is 0 Å². The summed E-state index contributed by atoms with van der Waals surface area (Å²) in [7, 11) is 0. The fraction of sp³-hybridized carbons (Fsp3) is 0.105. The summed E-state index contributed by atoms with van der Waals surface area (Å²) in [6, 6.07) is 13.4. The third-order valence-electron chi connectivity index (χ3n) is 4.23. The molecule has 0 bridgehead atoms. The van der Waals surface area contributed by atoms with Crippen LogP contribution in [0.5, 0.6) is 0 Å². The zero-order valence-corrected chi connectivity index (χ0v) is 15.9. The first-order valence-electron chi connectivity index (χ1n) is 8.04. The minimum absolute atomic E-state index is 0.116. The van der Waals surface area contributed by atoms with E-state index in [1.54, 1.807) is 17.3 Å². The van der Waals surface area contributed by atoms with Gasteiger partial charge in [0.2, 0.25) is 0 Å². The number of nitrogens with zero attached hydrogens (tertiary/aromatic N) is 2. The number of fused-ring (bicyclic) bond motifs is 1. The van der Waals surface area contributed by atoms with E-state index in [1.165, 1.54) is 16.9 Å². The van der Waals surface area contributed by atoms with Crippen molar-refractivity contribution < 1.29 is 4.79 Å². The number of rotatable bonds is 4. The maximum Gasteiger partial charge on any atom is 0.255 e. The number of aromatic nitrogens is 3. The summed E-state index contributed by atoms with van der Waals surface area (Å²) in [6.07, 6.45) is 0. The molecule has 0 aliphatic rings. The van der Waals surface area contributed by atoms with Gasteiger partial charge in [-0.1, -0.05) is 23.1 Å². The highest BCUT2D eigenvalue weighted by atomic mass is 32.2. The Hall–Kier alpha value is -2.64. The lowest BCUT2D eigenvalue weighted by Crippen LogP contribution is -2.11. The van der Waals surface area contributed by atoms with Gasteiger partial charge < -0.3 is 10.3 Å². The summed E-state index contributed by atoms with van der Waals surface area (Å²) in [4.78, 5) is 17.0. The topological polar surface area (TPSA) is 70.7 Å². The second-order valence-corrected chi connectivity index (χ2v) is 8.07. The molecular formula is C19H16N4OS2. The van der Waals surface area contributed by atoms with Crippen LogP contribution in [0.2, 0.25) is 0 Å². The number of nitrogens with one attached hydrogen (secondary N) is 2. The van der Waals surface area contributed by atoms with Gasteiger partial charge in [-0.15, -0.1) is 10.2 Å². The smallest absolute Gasteiger partial charge is 0.255 e. The molecule has 0 unspecified atom stereocenters. The Bertz CT molecular complexity index is 1070. The minimum Gasteiger partial charge on any atom is -0.358 e. The number of amides is 1. The van der Waals surface area contributed by atoms with Crippen LogP contribution in [-0.4, -0.2) is 21.1 Å². The lowest BCUT2D eigenvalue weighted by atomic mass is 10.1. The number of H-pyrrole nitrogens is 1. The predicted molar refractivity (Wildman–Crippen MR) is 106 cm³/mol. The summed E-state index contributed by atoms with van der Waals surface area (Å²) in [5, 5.41) is 11.9. The molecule has 26 heavy (non-hydrogen) atoms. The molecule has 7 heteroatoms. The molecule has 2 heterocycles. The molecule has 0 fully saturated rings. The van der Waals surface area contributed by atoms with E-state index < -0.39 is 0 Å². The van der Waals surface area contributed by atoms with E-state index in [1.807, 2.05) is 49.4 Å². The summed E-state index contributed by atoms with van der Waals surface area (Å²) in [6.45, 7) is 4.10. The highest BCUT2D eigenvalue weighted by Gasteiger charge is 2.10. The molecule has 2 aromatic heterocycles. The number of aryl methyl sites for hydroxylation is 2. The SMILES string of the molecule is Cc1[nH]c2ccc(C(=O)Nc3ccc(Sc4nncs4)cc3)cc2c1C. The third-order valence-corrected chi connectivity index (χ3v) is 6.01. The molecule has 0 spiro atoms. The molecule has 1 amide bonds. The first-order valence-corrected chi connectivity index (χ1v) is 9.74. The Balaban J connectivity index is 1.50. The predicted octanol–water partition coefficient (Wildman–Crippen LogP) is 5.04. The molecule has 5 nitrogen and oxygen atoms in total. The van der Waals surface area contributed by atoms with E-state index in [2.05, 4.69) is 27.4 Å². The second-order valence-electron chi connectivity index (χ2n) is 5.92. The minimum atomic E-state index is -0.116. The summed E-state index contributed by atoms with van der Waals surface area (Å²) in [5.41, 5.74) is 6.47. The normalized spacial score (nSPS) is 11.0. The number of carbonyl (C=O) groups is 1. The number of anilines is 1. The van der Waals surface area contributed by atoms with Gasteiger partial charge in [0.25, 0.3) is 5.91 Å². The van der Waals surface area contributed by atoms with Gasteiger partial charge >= 0.3 is 0 Å². The number of aromatic amines is 1. The van der Waals surface area contributed by atoms with Gasteiger partial charge in [0.1, 0.15) is 5.51 Å². The lowest BCUT2D eigenvalue weighted by molar-refractivity contribution is 0.102. The van der Waals surface area contributed by atoms with Gasteiger partial charge in [0.05, 0.1) is 0 Å². The van der Waals surface area contributed by atoms with Crippen LogP contribution in [-0.2, 0) is 0 Å². The quantitative estimate of drug-likeness (QED) is 0.520. The van der Waals surface area contributed by atoms with Gasteiger partial charge in [-0.05, 0) is 61.9 Å². The Morgan fingerprint density at radius 3 is 2.69 bits per heavy atom. The van der Waals surface area contributed by atoms with E-state index in [9.17, 15) is 4.79 Å². The number of hydrogen-bond acceptors (Lipinski definition) is 5. The summed E-state index contributed by atoms with van der Waals surface area (Å²) in [5.74, 6) is -0.116. The maximum absolute atomic E-state index is 12.6. The monoisotopic (exact) mass is 380 g/mol. The number of benzene rings is 2. The molecule has 130 valence electrons. The molecule has 2 aromatic carbocycles. The van der Waals surface area contributed by atoms with Gasteiger partial charge in [-0.3, -0.25) is 4.79 Å². The van der Waals surface area contributed by atoms with Crippen LogP contribution in [0.15, 0.2) is 57.2 Å². The first kappa shape index (κ1) is 16.8. The molecule has 4 aromatic rings. The Morgan fingerprint density at radius 2 is 1.96 bits per heavy atom. The third kappa shape index (κ3) is 3.36. The highest BCUT2D eigenvalue weighted by Crippen LogP contribution is 2.29. The largest absolute Gasteiger partial charge is 0.358 e. The fourth-order valence-corrected chi connectivity index (χ4v) is 4.17. The molecule has 4 rings (SSSR count). The zero-order valence-electron chi connectivity index (χ0n) is 14.2. The molecule has 0 atom stereocenters. The van der Waals surface area contributed by atoms with Crippen molar-refractivity contribution in [3.8, 4) is 0 Å². The van der Waals surface area contributed by atoms with Crippen LogP contribution in [0.3, 0.4) is 0 Å². The molecule has 0 saturated carbocycles. The molecule has 0 aliphatic heterocycles. The standard InChI is InChI=1S/C19H16N4OS2/c1-11-12(2)21-17-8-3-13(9-16(11)17)18(24)22-14-4-6-15(7-5-14)26-19-23-20-10-25-19/h3-10,21H,1-2H3,(H,22,24). The van der Waals surface area contributed by atoms with Gasteiger partial charge in [-0.2, -0.15) is 0 Å². The molecule has 2 N–H and O–H groups in total. The van der Waals surface area contributed by atoms with Crippen molar-refractivity contribution >= 4 is 45.6 Å². The molecule has 0 saturated heterocycles. The van der Waals surface area contributed by atoms with Crippen molar-refractivity contribution in [2.45, 2.75) is 23.1 Å². The van der Waals surface area contributed by atoms with E-state index in [0.29, 0.717) is 5.56 Å². The van der Waals surface area contributed by atoms with Crippen LogP contribution in [0.1, 0.15) is 21.6 Å². The molecule has 0 radical (unpaired) electrons. The zero-order chi connectivity index (χ0) is 18.1. The van der Waals surface area contributed by atoms with Crippen molar-refractivity contribution in [1.82, 2.24) is 15.2 Å². The summed E-state index contributed by atoms with van der Waals surface area (Å²) < 4.78 is 0.896. The van der Waals surface area contributed by atoms with E-state index in [-0.39, 0.29) is 5.91 Å². The Kier molecular flexibility index (Phi) is 4.48. The van der Waals surface area contributed by atoms with Crippen molar-refractivity contribution in [3.63, 3.8) is 0 Å². The van der Waals surface area contributed by atoms with Gasteiger partial charge in [0.15, 0.2) is 4.34 Å². The molecule has 0 aliphatic carbocycles. The van der Waals surface area contributed by atoms with Crippen molar-refractivity contribution in [2.24, 2.45) is 0 Å². The Labute approximate surface area is 158 Å². The van der Waals surface area contributed by atoms with Crippen LogP contribution < -0.4 is 5.32 Å². The van der Waals surface area contributed by atoms with E-state index in [0.717, 1.165) is 31.5 Å². The average Bonchev–Trinajstić information content (AvgIpc) is 3.25. The Morgan fingerprint density at radius 1 is 1.15 bits per heavy atom. The summed E-state index contributed by atoms with van der Waals surface area (Å²) >= 11 is 3.05. The van der Waals surface area contributed by atoms with Crippen LogP contribution >= 0.6 is 23.1 Å². The second kappa shape index (κ2) is 6.93. The van der Waals surface area contributed by atoms with Crippen LogP contribution in [0.25, 0.3) is 10.9 Å². The van der Waals surface area contributed by atoms with Crippen molar-refractivity contribution in [2.75, 3.05) is 5.32 Å². The van der Waals surface area contributed by atoms with Crippen LogP contribution in [0.4, 0.5) is 5.69 Å². The van der Waals surface area contributed by atoms with Gasteiger partial charge in [0, 0.05) is 32.7 Å². The lowest BCUT2D eigenvalue weighted by Gasteiger charge is -2.06. The first-order chi connectivity index (χ1) is 12.6. The number of hydrogen-bond donors (Lipinski definition) is 2. The van der Waals surface area contributed by atoms with Crippen molar-refractivity contribution in [3.05, 3.63) is 64.8 Å². The van der Waals surface area contributed by atoms with E-state index in [4.69, 9.17) is 0 Å². The fourth-order valence-electron chi connectivity index (χ4n) is 2.72. The average molecular weight is 380 g/mol. The highest BCUT2D eigenvalue weighted by molar-refractivity contribution is 8.01. The maximum atomic E-state index is 12.6.